The molecule has 0 aliphatic rings. The van der Waals surface area contributed by atoms with Crippen LogP contribution in [0.15, 0.2) is 0 Å². The third kappa shape index (κ3) is 6.15. The van der Waals surface area contributed by atoms with Crippen molar-refractivity contribution < 1.29 is 4.79 Å². The van der Waals surface area contributed by atoms with Gasteiger partial charge in [0.1, 0.15) is 0 Å². The Morgan fingerprint density at radius 3 is 2.39 bits per heavy atom. The molecule has 0 saturated heterocycles. The van der Waals surface area contributed by atoms with E-state index in [2.05, 4.69) is 39.7 Å². The summed E-state index contributed by atoms with van der Waals surface area (Å²) in [6.45, 7) is 14.6. The number of hydrogen-bond donors (Lipinski definition) is 1. The van der Waals surface area contributed by atoms with E-state index < -0.39 is 0 Å². The summed E-state index contributed by atoms with van der Waals surface area (Å²) in [6.07, 6.45) is 0.410. The highest BCUT2D eigenvalue weighted by Gasteiger charge is 2.23. The Morgan fingerprint density at radius 1 is 1.35 bits per heavy atom. The Hall–Kier alpha value is -1.07. The maximum Gasteiger partial charge on any atom is 0.226 e. The molecular formula is C17H33ClN4O. The van der Waals surface area contributed by atoms with Crippen molar-refractivity contribution in [2.24, 2.45) is 17.1 Å². The van der Waals surface area contributed by atoms with E-state index in [0.29, 0.717) is 25.4 Å². The summed E-state index contributed by atoms with van der Waals surface area (Å²) in [4.78, 5) is 14.3. The second-order valence-electron chi connectivity index (χ2n) is 7.52. The van der Waals surface area contributed by atoms with Crippen molar-refractivity contribution in [3.63, 3.8) is 0 Å². The highest BCUT2D eigenvalue weighted by Crippen LogP contribution is 2.18. The third-order valence-corrected chi connectivity index (χ3v) is 4.04. The van der Waals surface area contributed by atoms with Crippen LogP contribution in [-0.2, 0) is 17.8 Å². The molecule has 0 aromatic carbocycles. The van der Waals surface area contributed by atoms with Gasteiger partial charge in [-0.3, -0.25) is 9.48 Å². The molecule has 1 amide bonds. The van der Waals surface area contributed by atoms with Crippen LogP contribution in [0.2, 0.25) is 0 Å². The Labute approximate surface area is 147 Å². The molecule has 0 aliphatic carbocycles. The largest absolute Gasteiger partial charge is 0.345 e. The number of rotatable bonds is 7. The van der Waals surface area contributed by atoms with Crippen LogP contribution in [0.5, 0.6) is 0 Å². The second kappa shape index (κ2) is 8.69. The molecule has 0 bridgehead atoms. The lowest BCUT2D eigenvalue weighted by Gasteiger charge is -2.29. The summed E-state index contributed by atoms with van der Waals surface area (Å²) >= 11 is 0. The van der Waals surface area contributed by atoms with Crippen LogP contribution in [-0.4, -0.2) is 40.7 Å². The quantitative estimate of drug-likeness (QED) is 0.826. The number of aromatic nitrogens is 2. The first-order valence-electron chi connectivity index (χ1n) is 8.04. The zero-order chi connectivity index (χ0) is 17.1. The van der Waals surface area contributed by atoms with E-state index >= 15 is 0 Å². The van der Waals surface area contributed by atoms with Gasteiger partial charge in [-0.05, 0) is 31.7 Å². The molecule has 0 atom stereocenters. The van der Waals surface area contributed by atoms with Crippen molar-refractivity contribution in [3.05, 3.63) is 17.0 Å². The zero-order valence-corrected chi connectivity index (χ0v) is 16.5. The van der Waals surface area contributed by atoms with Crippen molar-refractivity contribution in [2.45, 2.75) is 54.5 Å². The van der Waals surface area contributed by atoms with E-state index in [4.69, 9.17) is 5.73 Å². The van der Waals surface area contributed by atoms with Crippen LogP contribution in [0.4, 0.5) is 0 Å². The first kappa shape index (κ1) is 21.9. The maximum atomic E-state index is 12.5. The van der Waals surface area contributed by atoms with E-state index in [1.807, 2.05) is 18.7 Å². The third-order valence-electron chi connectivity index (χ3n) is 4.04. The van der Waals surface area contributed by atoms with Crippen molar-refractivity contribution in [2.75, 3.05) is 20.1 Å². The number of carbonyl (C=O) groups excluding carboxylic acids is 1. The lowest BCUT2D eigenvalue weighted by Crippen LogP contribution is -2.40. The molecule has 23 heavy (non-hydrogen) atoms. The minimum Gasteiger partial charge on any atom is -0.345 e. The van der Waals surface area contributed by atoms with E-state index in [-0.39, 0.29) is 23.7 Å². The Kier molecular flexibility index (Phi) is 8.29. The molecule has 1 aromatic rings. The molecule has 134 valence electrons. The minimum atomic E-state index is -0.0592. The van der Waals surface area contributed by atoms with Gasteiger partial charge in [0.05, 0.1) is 12.1 Å². The summed E-state index contributed by atoms with van der Waals surface area (Å²) in [5.74, 6) is 0.659. The topological polar surface area (TPSA) is 64.2 Å². The number of halogens is 1. The molecule has 1 heterocycles. The fourth-order valence-electron chi connectivity index (χ4n) is 2.59. The van der Waals surface area contributed by atoms with Crippen LogP contribution in [0.3, 0.4) is 0 Å². The van der Waals surface area contributed by atoms with Gasteiger partial charge in [0, 0.05) is 31.4 Å². The fourth-order valence-corrected chi connectivity index (χ4v) is 2.59. The number of amides is 1. The maximum absolute atomic E-state index is 12.5. The van der Waals surface area contributed by atoms with Gasteiger partial charge in [-0.25, -0.2) is 0 Å². The normalized spacial score (nSPS) is 11.5. The number of aryl methyl sites for hydroxylation is 1. The summed E-state index contributed by atoms with van der Waals surface area (Å²) < 4.78 is 2.02. The monoisotopic (exact) mass is 344 g/mol. The number of likely N-dealkylation sites (N-methyl/N-ethyl adjacent to an activating group) is 1. The molecule has 0 unspecified atom stereocenters. The van der Waals surface area contributed by atoms with Crippen LogP contribution >= 0.6 is 12.4 Å². The van der Waals surface area contributed by atoms with Gasteiger partial charge in [0.15, 0.2) is 0 Å². The van der Waals surface area contributed by atoms with Gasteiger partial charge >= 0.3 is 0 Å². The first-order chi connectivity index (χ1) is 10.1. The minimum absolute atomic E-state index is 0. The average Bonchev–Trinajstić information content (AvgIpc) is 2.65. The van der Waals surface area contributed by atoms with Crippen LogP contribution in [0.25, 0.3) is 0 Å². The van der Waals surface area contributed by atoms with Crippen molar-refractivity contribution in [1.82, 2.24) is 14.7 Å². The molecule has 5 nitrogen and oxygen atoms in total. The average molecular weight is 345 g/mol. The summed E-state index contributed by atoms with van der Waals surface area (Å²) in [6, 6.07) is 0. The van der Waals surface area contributed by atoms with Crippen LogP contribution in [0.1, 0.15) is 44.6 Å². The predicted molar refractivity (Wildman–Crippen MR) is 98.0 cm³/mol. The predicted octanol–water partition coefficient (Wildman–Crippen LogP) is 2.56. The summed E-state index contributed by atoms with van der Waals surface area (Å²) in [7, 11) is 1.85. The van der Waals surface area contributed by atoms with E-state index in [1.54, 1.807) is 4.90 Å². The van der Waals surface area contributed by atoms with E-state index in [0.717, 1.165) is 23.5 Å². The molecule has 6 heteroatoms. The van der Waals surface area contributed by atoms with Crippen LogP contribution in [0, 0.1) is 25.2 Å². The molecule has 0 aliphatic heterocycles. The van der Waals surface area contributed by atoms with Crippen LogP contribution < -0.4 is 5.73 Å². The van der Waals surface area contributed by atoms with Crippen molar-refractivity contribution in [1.29, 1.82) is 0 Å². The molecule has 0 radical (unpaired) electrons. The molecule has 0 spiro atoms. The second-order valence-corrected chi connectivity index (χ2v) is 7.52. The van der Waals surface area contributed by atoms with E-state index in [9.17, 15) is 4.79 Å². The molecule has 0 fully saturated rings. The van der Waals surface area contributed by atoms with Gasteiger partial charge in [-0.2, -0.15) is 5.10 Å². The van der Waals surface area contributed by atoms with Gasteiger partial charge < -0.3 is 10.6 Å². The summed E-state index contributed by atoms with van der Waals surface area (Å²) in [5.41, 5.74) is 8.81. The number of carbonyl (C=O) groups is 1. The Balaban J connectivity index is 0.00000484. The fraction of sp³-hybridized carbons (Fsp3) is 0.765. The van der Waals surface area contributed by atoms with Gasteiger partial charge in [0.25, 0.3) is 0 Å². The molecule has 0 saturated carbocycles. The molecule has 1 aromatic heterocycles. The number of nitrogens with two attached hydrogens (primary N) is 1. The first-order valence-corrected chi connectivity index (χ1v) is 8.04. The number of hydrogen-bond acceptors (Lipinski definition) is 3. The van der Waals surface area contributed by atoms with Gasteiger partial charge in [0.2, 0.25) is 5.91 Å². The lowest BCUT2D eigenvalue weighted by atomic mass is 9.93. The smallest absolute Gasteiger partial charge is 0.226 e. The van der Waals surface area contributed by atoms with Crippen molar-refractivity contribution in [3.8, 4) is 0 Å². The van der Waals surface area contributed by atoms with Gasteiger partial charge in [-0.15, -0.1) is 12.4 Å². The highest BCUT2D eigenvalue weighted by atomic mass is 35.5. The molecule has 2 N–H and O–H groups in total. The molecular weight excluding hydrogens is 312 g/mol. The van der Waals surface area contributed by atoms with Crippen molar-refractivity contribution >= 4 is 18.3 Å². The molecule has 1 rings (SSSR count). The number of nitrogens with zero attached hydrogens (tertiary/aromatic N) is 3. The van der Waals surface area contributed by atoms with Gasteiger partial charge in [-0.1, -0.05) is 27.7 Å². The Morgan fingerprint density at radius 2 is 1.91 bits per heavy atom. The summed E-state index contributed by atoms with van der Waals surface area (Å²) in [5, 5.41) is 4.58. The Bertz CT molecular complexity index is 523. The zero-order valence-electron chi connectivity index (χ0n) is 15.6. The van der Waals surface area contributed by atoms with E-state index in [1.165, 1.54) is 0 Å². The lowest BCUT2D eigenvalue weighted by molar-refractivity contribution is -0.130. The standard InChI is InChI=1S/C17H32N4O.ClH/c1-12(2)9-21-14(4)15(13(3)19-21)8-16(22)20(7)11-17(5,6)10-18;/h12H,8-11,18H2,1-7H3;1H. The SMILES string of the molecule is Cc1nn(CC(C)C)c(C)c1CC(=O)N(C)CC(C)(C)CN.Cl. The highest BCUT2D eigenvalue weighted by molar-refractivity contribution is 5.85.